The van der Waals surface area contributed by atoms with E-state index in [0.29, 0.717) is 11.1 Å². The highest BCUT2D eigenvalue weighted by molar-refractivity contribution is 8.18. The summed E-state index contributed by atoms with van der Waals surface area (Å²) in [4.78, 5) is 37.8. The van der Waals surface area contributed by atoms with Gasteiger partial charge in [0, 0.05) is 18.7 Å². The van der Waals surface area contributed by atoms with Gasteiger partial charge in [0.1, 0.15) is 5.75 Å². The Hall–Kier alpha value is -3.14. The van der Waals surface area contributed by atoms with Crippen molar-refractivity contribution in [2.24, 2.45) is 0 Å². The number of carbonyl (C=O) groups excluding carboxylic acids is 3. The van der Waals surface area contributed by atoms with Crippen molar-refractivity contribution in [1.82, 2.24) is 10.2 Å². The van der Waals surface area contributed by atoms with Crippen LogP contribution in [0.25, 0.3) is 6.08 Å². The number of furan rings is 1. The molecule has 1 saturated heterocycles. The number of thioether (sulfide) groups is 1. The van der Waals surface area contributed by atoms with Crippen LogP contribution in [0.3, 0.4) is 0 Å². The van der Waals surface area contributed by atoms with Gasteiger partial charge in [-0.05, 0) is 48.5 Å². The van der Waals surface area contributed by atoms with Gasteiger partial charge < -0.3 is 14.5 Å². The average Bonchev–Trinajstić information content (AvgIpc) is 3.21. The lowest BCUT2D eigenvalue weighted by Gasteiger charge is -2.12. The molecule has 1 fully saturated rings. The molecule has 29 heavy (non-hydrogen) atoms. The fourth-order valence-corrected chi connectivity index (χ4v) is 3.42. The van der Waals surface area contributed by atoms with E-state index in [1.165, 1.54) is 36.6 Å². The molecule has 0 radical (unpaired) electrons. The molecule has 0 aliphatic carbocycles. The number of hydrogen-bond donors (Lipinski definition) is 1. The van der Waals surface area contributed by atoms with Crippen LogP contribution in [0.5, 0.6) is 5.75 Å². The summed E-state index contributed by atoms with van der Waals surface area (Å²) >= 11 is 0.767. The van der Waals surface area contributed by atoms with Crippen LogP contribution in [0.15, 0.2) is 45.9 Å². The van der Waals surface area contributed by atoms with Gasteiger partial charge in [0.25, 0.3) is 17.1 Å². The Morgan fingerprint density at radius 2 is 2.00 bits per heavy atom. The largest absolute Gasteiger partial charge is 0.459 e. The zero-order chi connectivity index (χ0) is 21.0. The van der Waals surface area contributed by atoms with Crippen molar-refractivity contribution in [3.8, 4) is 5.75 Å². The highest BCUT2D eigenvalue weighted by Gasteiger charge is 2.34. The summed E-state index contributed by atoms with van der Waals surface area (Å²) in [6.45, 7) is -1.11. The molecule has 0 atom stereocenters. The first-order valence-electron chi connectivity index (χ1n) is 8.47. The van der Waals surface area contributed by atoms with Crippen molar-refractivity contribution in [3.05, 3.63) is 58.4 Å². The number of hydrogen-bond acceptors (Lipinski definition) is 6. The van der Waals surface area contributed by atoms with Crippen molar-refractivity contribution >= 4 is 34.9 Å². The van der Waals surface area contributed by atoms with E-state index in [-0.39, 0.29) is 29.5 Å². The van der Waals surface area contributed by atoms with Crippen molar-refractivity contribution < 1.29 is 32.3 Å². The van der Waals surface area contributed by atoms with Crippen molar-refractivity contribution in [2.45, 2.75) is 13.5 Å². The fraction of sp³-hybridized carbons (Fsp3) is 0.211. The molecule has 1 aromatic carbocycles. The maximum Gasteiger partial charge on any atom is 0.387 e. The Bertz CT molecular complexity index is 956. The molecular weight excluding hydrogens is 406 g/mol. The number of rotatable bonds is 7. The van der Waals surface area contributed by atoms with Crippen LogP contribution >= 0.6 is 11.8 Å². The second-order valence-electron chi connectivity index (χ2n) is 5.97. The molecule has 2 heterocycles. The number of benzene rings is 1. The topological polar surface area (TPSA) is 88.8 Å². The number of alkyl halides is 2. The minimum Gasteiger partial charge on any atom is -0.459 e. The summed E-state index contributed by atoms with van der Waals surface area (Å²) in [6.07, 6.45) is 2.89. The number of carbonyl (C=O) groups is 3. The summed E-state index contributed by atoms with van der Waals surface area (Å²) in [6, 6.07) is 7.33. The van der Waals surface area contributed by atoms with Crippen LogP contribution in [-0.4, -0.2) is 41.7 Å². The van der Waals surface area contributed by atoms with Crippen molar-refractivity contribution in [2.75, 3.05) is 13.1 Å². The third-order valence-corrected chi connectivity index (χ3v) is 4.87. The lowest BCUT2D eigenvalue weighted by molar-refractivity contribution is -0.122. The maximum absolute atomic E-state index is 12.5. The SMILES string of the molecule is Cc1ccoc1C(=O)NCCN1C(=O)SC(=Cc2ccc(OC(F)F)cc2)C1=O. The average molecular weight is 422 g/mol. The number of halogens is 2. The van der Waals surface area contributed by atoms with Gasteiger partial charge in [-0.1, -0.05) is 12.1 Å². The van der Waals surface area contributed by atoms with Gasteiger partial charge in [0.05, 0.1) is 11.2 Å². The first-order valence-corrected chi connectivity index (χ1v) is 9.29. The van der Waals surface area contributed by atoms with Crippen LogP contribution in [0.2, 0.25) is 0 Å². The molecule has 1 aliphatic rings. The zero-order valence-electron chi connectivity index (χ0n) is 15.2. The zero-order valence-corrected chi connectivity index (χ0v) is 16.0. The van der Waals surface area contributed by atoms with Gasteiger partial charge in [-0.25, -0.2) is 0 Å². The van der Waals surface area contributed by atoms with Gasteiger partial charge in [-0.15, -0.1) is 0 Å². The summed E-state index contributed by atoms with van der Waals surface area (Å²) < 4.78 is 33.7. The summed E-state index contributed by atoms with van der Waals surface area (Å²) in [5.41, 5.74) is 1.24. The standard InChI is InChI=1S/C19H16F2N2O5S/c1-11-6-9-27-15(11)16(24)22-7-8-23-17(25)14(29-19(23)26)10-12-2-4-13(5-3-12)28-18(20)21/h2-6,9-10,18H,7-8H2,1H3,(H,22,24). The lowest BCUT2D eigenvalue weighted by Crippen LogP contribution is -2.37. The van der Waals surface area contributed by atoms with Gasteiger partial charge >= 0.3 is 6.61 Å². The van der Waals surface area contributed by atoms with Gasteiger partial charge in [0.15, 0.2) is 5.76 Å². The Labute approximate surface area is 168 Å². The highest BCUT2D eigenvalue weighted by atomic mass is 32.2. The molecule has 0 unspecified atom stereocenters. The van der Waals surface area contributed by atoms with Crippen LogP contribution in [0.1, 0.15) is 21.7 Å². The van der Waals surface area contributed by atoms with E-state index in [9.17, 15) is 23.2 Å². The van der Waals surface area contributed by atoms with Crippen LogP contribution < -0.4 is 10.1 Å². The molecule has 7 nitrogen and oxygen atoms in total. The molecule has 1 aromatic heterocycles. The van der Waals surface area contributed by atoms with Gasteiger partial charge in [-0.3, -0.25) is 19.3 Å². The predicted octanol–water partition coefficient (Wildman–Crippen LogP) is 3.66. The third kappa shape index (κ3) is 5.02. The summed E-state index contributed by atoms with van der Waals surface area (Å²) in [5.74, 6) is -0.747. The number of imide groups is 1. The Morgan fingerprint density at radius 3 is 2.62 bits per heavy atom. The lowest BCUT2D eigenvalue weighted by atomic mass is 10.2. The smallest absolute Gasteiger partial charge is 0.387 e. The molecule has 0 spiro atoms. The van der Waals surface area contributed by atoms with Gasteiger partial charge in [-0.2, -0.15) is 8.78 Å². The molecule has 152 valence electrons. The summed E-state index contributed by atoms with van der Waals surface area (Å²) in [5, 5.41) is 2.14. The van der Waals surface area contributed by atoms with E-state index >= 15 is 0 Å². The second kappa shape index (κ2) is 8.91. The molecule has 0 bridgehead atoms. The highest BCUT2D eigenvalue weighted by Crippen LogP contribution is 2.32. The van der Waals surface area contributed by atoms with E-state index in [0.717, 1.165) is 16.7 Å². The molecular formula is C19H16F2N2O5S. The first kappa shape index (κ1) is 20.6. The Balaban J connectivity index is 1.58. The quantitative estimate of drug-likeness (QED) is 0.685. The molecule has 1 aliphatic heterocycles. The van der Waals surface area contributed by atoms with Crippen LogP contribution in [-0.2, 0) is 4.79 Å². The van der Waals surface area contributed by atoms with E-state index in [2.05, 4.69) is 10.1 Å². The van der Waals surface area contributed by atoms with E-state index in [1.807, 2.05) is 0 Å². The molecule has 1 N–H and O–H groups in total. The molecule has 3 amide bonds. The van der Waals surface area contributed by atoms with Crippen LogP contribution in [0, 0.1) is 6.92 Å². The molecule has 0 saturated carbocycles. The predicted molar refractivity (Wildman–Crippen MR) is 102 cm³/mol. The maximum atomic E-state index is 12.5. The number of aryl methyl sites for hydroxylation is 1. The number of nitrogens with zero attached hydrogens (tertiary/aromatic N) is 1. The molecule has 3 rings (SSSR count). The minimum absolute atomic E-state index is 0.00668. The molecule has 10 heteroatoms. The second-order valence-corrected chi connectivity index (χ2v) is 6.96. The normalized spacial score (nSPS) is 15.4. The minimum atomic E-state index is -2.92. The number of amides is 3. The van der Waals surface area contributed by atoms with Gasteiger partial charge in [0.2, 0.25) is 0 Å². The third-order valence-electron chi connectivity index (χ3n) is 3.97. The monoisotopic (exact) mass is 422 g/mol. The van der Waals surface area contributed by atoms with E-state index in [4.69, 9.17) is 4.42 Å². The number of ether oxygens (including phenoxy) is 1. The summed E-state index contributed by atoms with van der Waals surface area (Å²) in [7, 11) is 0. The number of nitrogens with one attached hydrogen (secondary N) is 1. The van der Waals surface area contributed by atoms with E-state index < -0.39 is 23.7 Å². The fourth-order valence-electron chi connectivity index (χ4n) is 2.56. The van der Waals surface area contributed by atoms with Crippen molar-refractivity contribution in [3.63, 3.8) is 0 Å². The van der Waals surface area contributed by atoms with Crippen LogP contribution in [0.4, 0.5) is 13.6 Å². The first-order chi connectivity index (χ1) is 13.8. The van der Waals surface area contributed by atoms with Crippen molar-refractivity contribution in [1.29, 1.82) is 0 Å². The Morgan fingerprint density at radius 1 is 1.28 bits per heavy atom. The Kier molecular flexibility index (Phi) is 6.32. The molecule has 2 aromatic rings. The van der Waals surface area contributed by atoms with E-state index in [1.54, 1.807) is 13.0 Å².